The van der Waals surface area contributed by atoms with E-state index in [9.17, 15) is 22.8 Å². The fourth-order valence-electron chi connectivity index (χ4n) is 1.90. The van der Waals surface area contributed by atoms with Crippen LogP contribution in [0.5, 0.6) is 0 Å². The summed E-state index contributed by atoms with van der Waals surface area (Å²) in [7, 11) is 1.56. The van der Waals surface area contributed by atoms with E-state index in [-0.39, 0.29) is 18.1 Å². The van der Waals surface area contributed by atoms with Crippen molar-refractivity contribution in [3.8, 4) is 0 Å². The molecular formula is C16H19ClF3N3O2. The lowest BCUT2D eigenvalue weighted by Crippen LogP contribution is -2.46. The Morgan fingerprint density at radius 1 is 1.40 bits per heavy atom. The molecule has 0 bridgehead atoms. The van der Waals surface area contributed by atoms with E-state index in [1.807, 2.05) is 0 Å². The molecule has 1 rings (SSSR count). The van der Waals surface area contributed by atoms with Gasteiger partial charge in [0.25, 0.3) is 0 Å². The van der Waals surface area contributed by atoms with Crippen molar-refractivity contribution in [1.82, 2.24) is 10.2 Å². The van der Waals surface area contributed by atoms with Gasteiger partial charge in [0.05, 0.1) is 23.2 Å². The summed E-state index contributed by atoms with van der Waals surface area (Å²) in [6.45, 7) is 5.21. The third kappa shape index (κ3) is 6.39. The van der Waals surface area contributed by atoms with E-state index >= 15 is 0 Å². The number of benzene rings is 1. The van der Waals surface area contributed by atoms with Crippen molar-refractivity contribution in [2.75, 3.05) is 25.5 Å². The summed E-state index contributed by atoms with van der Waals surface area (Å²) in [5.41, 5.74) is -1.06. The number of carbonyl (C=O) groups is 2. The first-order valence-corrected chi connectivity index (χ1v) is 7.69. The summed E-state index contributed by atoms with van der Waals surface area (Å²) < 4.78 is 38.4. The Morgan fingerprint density at radius 2 is 2.04 bits per heavy atom. The largest absolute Gasteiger partial charge is 0.417 e. The van der Waals surface area contributed by atoms with E-state index in [2.05, 4.69) is 17.2 Å². The molecule has 1 aromatic carbocycles. The van der Waals surface area contributed by atoms with Crippen LogP contribution in [0, 0.1) is 0 Å². The molecule has 0 radical (unpaired) electrons. The van der Waals surface area contributed by atoms with Gasteiger partial charge in [-0.2, -0.15) is 13.2 Å². The van der Waals surface area contributed by atoms with Crippen molar-refractivity contribution in [2.45, 2.75) is 19.1 Å². The molecule has 1 unspecified atom stereocenters. The Hall–Kier alpha value is -2.06. The SMILES string of the molecule is C=CCNC(=O)C(C)N(C)CC(=O)Nc1ccc(Cl)c(C(F)(F)F)c1. The van der Waals surface area contributed by atoms with Crippen LogP contribution in [0.1, 0.15) is 12.5 Å². The number of anilines is 1. The van der Waals surface area contributed by atoms with Gasteiger partial charge in [-0.05, 0) is 32.2 Å². The van der Waals surface area contributed by atoms with Crippen molar-refractivity contribution in [3.05, 3.63) is 41.4 Å². The van der Waals surface area contributed by atoms with E-state index in [1.165, 1.54) is 17.0 Å². The van der Waals surface area contributed by atoms with Crippen LogP contribution < -0.4 is 10.6 Å². The summed E-state index contributed by atoms with van der Waals surface area (Å²) in [6, 6.07) is 2.51. The minimum absolute atomic E-state index is 0.0288. The average molecular weight is 378 g/mol. The maximum Gasteiger partial charge on any atom is 0.417 e. The molecular weight excluding hydrogens is 359 g/mol. The van der Waals surface area contributed by atoms with Crippen molar-refractivity contribution in [1.29, 1.82) is 0 Å². The highest BCUT2D eigenvalue weighted by Gasteiger charge is 2.33. The molecule has 138 valence electrons. The number of alkyl halides is 3. The highest BCUT2D eigenvalue weighted by Crippen LogP contribution is 2.36. The van der Waals surface area contributed by atoms with Crippen LogP contribution in [-0.2, 0) is 15.8 Å². The molecule has 1 atom stereocenters. The summed E-state index contributed by atoms with van der Waals surface area (Å²) in [5.74, 6) is -0.845. The molecule has 1 aromatic rings. The standard InChI is InChI=1S/C16H19ClF3N3O2/c1-4-7-21-15(25)10(2)23(3)9-14(24)22-11-5-6-13(17)12(8-11)16(18,19)20/h4-6,8,10H,1,7,9H2,2-3H3,(H,21,25)(H,22,24). The van der Waals surface area contributed by atoms with Gasteiger partial charge in [-0.25, -0.2) is 0 Å². The van der Waals surface area contributed by atoms with Gasteiger partial charge in [0.1, 0.15) is 0 Å². The smallest absolute Gasteiger partial charge is 0.351 e. The number of hydrogen-bond acceptors (Lipinski definition) is 3. The van der Waals surface area contributed by atoms with Crippen LogP contribution >= 0.6 is 11.6 Å². The predicted molar refractivity (Wildman–Crippen MR) is 90.4 cm³/mol. The average Bonchev–Trinajstić information content (AvgIpc) is 2.52. The van der Waals surface area contributed by atoms with Crippen LogP contribution in [0.25, 0.3) is 0 Å². The topological polar surface area (TPSA) is 61.4 Å². The van der Waals surface area contributed by atoms with Crippen molar-refractivity contribution >= 4 is 29.1 Å². The zero-order valence-corrected chi connectivity index (χ0v) is 14.5. The van der Waals surface area contributed by atoms with E-state index in [1.54, 1.807) is 14.0 Å². The lowest BCUT2D eigenvalue weighted by atomic mass is 10.2. The highest BCUT2D eigenvalue weighted by molar-refractivity contribution is 6.31. The number of halogens is 4. The number of amides is 2. The van der Waals surface area contributed by atoms with Crippen molar-refractivity contribution in [3.63, 3.8) is 0 Å². The Morgan fingerprint density at radius 3 is 2.60 bits per heavy atom. The van der Waals surface area contributed by atoms with Gasteiger partial charge in [0.2, 0.25) is 11.8 Å². The number of carbonyl (C=O) groups excluding carboxylic acids is 2. The Labute approximate surface area is 148 Å². The second kappa shape index (κ2) is 8.87. The van der Waals surface area contributed by atoms with Crippen LogP contribution in [0.15, 0.2) is 30.9 Å². The number of hydrogen-bond donors (Lipinski definition) is 2. The normalized spacial score (nSPS) is 12.6. The maximum atomic E-state index is 12.8. The quantitative estimate of drug-likeness (QED) is 0.718. The molecule has 5 nitrogen and oxygen atoms in total. The van der Waals surface area contributed by atoms with Crippen LogP contribution in [0.2, 0.25) is 5.02 Å². The molecule has 0 heterocycles. The predicted octanol–water partition coefficient (Wildman–Crippen LogP) is 2.92. The minimum atomic E-state index is -4.62. The molecule has 0 aliphatic rings. The molecule has 0 saturated carbocycles. The van der Waals surface area contributed by atoms with Gasteiger partial charge in [0.15, 0.2) is 0 Å². The summed E-state index contributed by atoms with van der Waals surface area (Å²) >= 11 is 5.53. The molecule has 0 aliphatic heterocycles. The van der Waals surface area contributed by atoms with Crippen molar-refractivity contribution < 1.29 is 22.8 Å². The molecule has 0 aliphatic carbocycles. The third-order valence-electron chi connectivity index (χ3n) is 3.41. The van der Waals surface area contributed by atoms with E-state index in [0.717, 1.165) is 12.1 Å². The number of likely N-dealkylation sites (N-methyl/N-ethyl adjacent to an activating group) is 1. The summed E-state index contributed by atoms with van der Waals surface area (Å²) in [6.07, 6.45) is -3.09. The molecule has 0 aromatic heterocycles. The molecule has 0 spiro atoms. The Kier molecular flexibility index (Phi) is 7.44. The summed E-state index contributed by atoms with van der Waals surface area (Å²) in [5, 5.41) is 4.51. The van der Waals surface area contributed by atoms with Gasteiger partial charge in [-0.1, -0.05) is 17.7 Å². The van der Waals surface area contributed by atoms with Crippen LogP contribution in [-0.4, -0.2) is 42.9 Å². The zero-order valence-electron chi connectivity index (χ0n) is 13.8. The lowest BCUT2D eigenvalue weighted by molar-refractivity contribution is -0.137. The fraction of sp³-hybridized carbons (Fsp3) is 0.375. The van der Waals surface area contributed by atoms with Crippen LogP contribution in [0.3, 0.4) is 0 Å². The number of rotatable bonds is 7. The second-order valence-corrected chi connectivity index (χ2v) is 5.77. The molecule has 2 N–H and O–H groups in total. The molecule has 0 saturated heterocycles. The second-order valence-electron chi connectivity index (χ2n) is 5.37. The first-order valence-electron chi connectivity index (χ1n) is 7.31. The maximum absolute atomic E-state index is 12.8. The molecule has 0 fully saturated rings. The third-order valence-corrected chi connectivity index (χ3v) is 3.74. The molecule has 25 heavy (non-hydrogen) atoms. The molecule has 2 amide bonds. The first-order chi connectivity index (χ1) is 11.6. The van der Waals surface area contributed by atoms with Gasteiger partial charge < -0.3 is 10.6 Å². The van der Waals surface area contributed by atoms with Crippen molar-refractivity contribution in [2.24, 2.45) is 0 Å². The highest BCUT2D eigenvalue weighted by atomic mass is 35.5. The van der Waals surface area contributed by atoms with E-state index < -0.39 is 28.7 Å². The Balaban J connectivity index is 2.71. The minimum Gasteiger partial charge on any atom is -0.351 e. The van der Waals surface area contributed by atoms with Gasteiger partial charge in [-0.15, -0.1) is 6.58 Å². The monoisotopic (exact) mass is 377 g/mol. The fourth-order valence-corrected chi connectivity index (χ4v) is 2.13. The van der Waals surface area contributed by atoms with Gasteiger partial charge in [-0.3, -0.25) is 14.5 Å². The van der Waals surface area contributed by atoms with Gasteiger partial charge >= 0.3 is 6.18 Å². The number of nitrogens with one attached hydrogen (secondary N) is 2. The first kappa shape index (κ1) is 21.0. The van der Waals surface area contributed by atoms with E-state index in [0.29, 0.717) is 6.54 Å². The molecule has 9 heteroatoms. The lowest BCUT2D eigenvalue weighted by Gasteiger charge is -2.23. The van der Waals surface area contributed by atoms with Crippen LogP contribution in [0.4, 0.5) is 18.9 Å². The Bertz CT molecular complexity index is 650. The number of nitrogens with zero attached hydrogens (tertiary/aromatic N) is 1. The zero-order chi connectivity index (χ0) is 19.2. The summed E-state index contributed by atoms with van der Waals surface area (Å²) in [4.78, 5) is 25.3. The van der Waals surface area contributed by atoms with Gasteiger partial charge in [0, 0.05) is 12.2 Å². The van der Waals surface area contributed by atoms with E-state index in [4.69, 9.17) is 11.6 Å².